The zero-order chi connectivity index (χ0) is 20.7. The molecule has 2 aliphatic heterocycles. The average molecular weight is 404 g/mol. The van der Waals surface area contributed by atoms with Crippen LogP contribution < -0.4 is 15.2 Å². The molecule has 0 bridgehead atoms. The Bertz CT molecular complexity index is 1180. The molecule has 0 N–H and O–H groups in total. The van der Waals surface area contributed by atoms with E-state index in [-0.39, 0.29) is 11.5 Å². The lowest BCUT2D eigenvalue weighted by molar-refractivity contribution is 0.0740. The third kappa shape index (κ3) is 3.01. The highest BCUT2D eigenvalue weighted by atomic mass is 16.5. The average Bonchev–Trinajstić information content (AvgIpc) is 3.28. The van der Waals surface area contributed by atoms with Gasteiger partial charge in [-0.3, -0.25) is 9.59 Å². The number of ether oxygens (including phenoxy) is 1. The highest BCUT2D eigenvalue weighted by Crippen LogP contribution is 2.36. The van der Waals surface area contributed by atoms with Crippen molar-refractivity contribution < 1.29 is 9.53 Å². The van der Waals surface area contributed by atoms with Gasteiger partial charge in [0.2, 0.25) is 0 Å². The van der Waals surface area contributed by atoms with E-state index in [1.807, 2.05) is 24.0 Å². The molecule has 1 fully saturated rings. The van der Waals surface area contributed by atoms with Gasteiger partial charge in [0, 0.05) is 44.5 Å². The van der Waals surface area contributed by atoms with Crippen LogP contribution in [0.5, 0.6) is 5.75 Å². The molecule has 1 aromatic heterocycles. The number of rotatable bonds is 3. The van der Waals surface area contributed by atoms with E-state index in [2.05, 4.69) is 28.2 Å². The first-order valence-electron chi connectivity index (χ1n) is 10.5. The van der Waals surface area contributed by atoms with Gasteiger partial charge in [-0.15, -0.1) is 0 Å². The number of nitrogens with zero attached hydrogens (tertiary/aromatic N) is 4. The summed E-state index contributed by atoms with van der Waals surface area (Å²) in [6.45, 7) is 5.69. The first-order valence-corrected chi connectivity index (χ1v) is 10.5. The van der Waals surface area contributed by atoms with Crippen molar-refractivity contribution in [2.45, 2.75) is 19.9 Å². The van der Waals surface area contributed by atoms with Crippen LogP contribution in [0.3, 0.4) is 0 Å². The number of piperazine rings is 1. The van der Waals surface area contributed by atoms with E-state index in [4.69, 9.17) is 4.74 Å². The molecule has 1 saturated heterocycles. The zero-order valence-electron chi connectivity index (χ0n) is 17.0. The number of benzene rings is 2. The third-order valence-corrected chi connectivity index (χ3v) is 5.97. The minimum absolute atomic E-state index is 0.123. The highest BCUT2D eigenvalue weighted by molar-refractivity contribution is 6.04. The molecule has 154 valence electrons. The summed E-state index contributed by atoms with van der Waals surface area (Å²) in [7, 11) is 0. The molecule has 2 aromatic carbocycles. The van der Waals surface area contributed by atoms with Crippen LogP contribution in [-0.4, -0.2) is 53.4 Å². The van der Waals surface area contributed by atoms with E-state index < -0.39 is 0 Å². The summed E-state index contributed by atoms with van der Waals surface area (Å²) in [6.07, 6.45) is 0.952. The Kier molecular flexibility index (Phi) is 4.65. The van der Waals surface area contributed by atoms with Gasteiger partial charge < -0.3 is 14.5 Å². The molecule has 3 aromatic rings. The number of para-hydroxylation sites is 1. The minimum Gasteiger partial charge on any atom is -0.491 e. The fourth-order valence-electron chi connectivity index (χ4n) is 4.35. The molecule has 30 heavy (non-hydrogen) atoms. The molecule has 5 rings (SSSR count). The van der Waals surface area contributed by atoms with Crippen LogP contribution in [0.2, 0.25) is 0 Å². The van der Waals surface area contributed by atoms with Crippen molar-refractivity contribution in [3.63, 3.8) is 0 Å². The second-order valence-electron chi connectivity index (χ2n) is 7.66. The summed E-state index contributed by atoms with van der Waals surface area (Å²) in [5.74, 6) is 0.863. The van der Waals surface area contributed by atoms with Gasteiger partial charge in [0.05, 0.1) is 17.7 Å². The molecule has 7 nitrogen and oxygen atoms in total. The van der Waals surface area contributed by atoms with Gasteiger partial charge in [-0.2, -0.15) is 5.10 Å². The summed E-state index contributed by atoms with van der Waals surface area (Å²) >= 11 is 0. The fourth-order valence-corrected chi connectivity index (χ4v) is 4.35. The number of aryl methyl sites for hydroxylation is 1. The zero-order valence-corrected chi connectivity index (χ0v) is 17.0. The second kappa shape index (κ2) is 7.48. The number of anilines is 1. The SMILES string of the molecule is CCn1nc(C(=O)N2CCN(c3cccc4c3OCC4)CC2)c2ccccc2c1=O. The Morgan fingerprint density at radius 2 is 1.80 bits per heavy atom. The standard InChI is InChI=1S/C23H24N4O3/c1-2-27-22(28)18-8-4-3-7-17(18)20(24-27)23(29)26-13-11-25(12-14-26)19-9-5-6-16-10-15-30-21(16)19/h3-9H,2,10-15H2,1H3. The van der Waals surface area contributed by atoms with E-state index in [1.54, 1.807) is 12.1 Å². The normalized spacial score (nSPS) is 15.9. The van der Waals surface area contributed by atoms with Crippen molar-refractivity contribution >= 4 is 22.4 Å². The summed E-state index contributed by atoms with van der Waals surface area (Å²) in [6, 6.07) is 13.5. The van der Waals surface area contributed by atoms with Crippen LogP contribution in [0.25, 0.3) is 10.8 Å². The first-order chi connectivity index (χ1) is 14.7. The van der Waals surface area contributed by atoms with Gasteiger partial charge in [0.15, 0.2) is 5.69 Å². The third-order valence-electron chi connectivity index (χ3n) is 5.97. The molecule has 2 aliphatic rings. The van der Waals surface area contributed by atoms with Crippen LogP contribution >= 0.6 is 0 Å². The van der Waals surface area contributed by atoms with E-state index in [0.29, 0.717) is 36.1 Å². The van der Waals surface area contributed by atoms with Crippen molar-refractivity contribution in [2.75, 3.05) is 37.7 Å². The number of hydrogen-bond acceptors (Lipinski definition) is 5. The smallest absolute Gasteiger partial charge is 0.275 e. The lowest BCUT2D eigenvalue weighted by atomic mass is 10.1. The summed E-state index contributed by atoms with van der Waals surface area (Å²) in [4.78, 5) is 30.0. The Hall–Kier alpha value is -3.35. The number of hydrogen-bond donors (Lipinski definition) is 0. The molecule has 0 radical (unpaired) electrons. The maximum Gasteiger partial charge on any atom is 0.275 e. The van der Waals surface area contributed by atoms with Gasteiger partial charge in [0.25, 0.3) is 11.5 Å². The van der Waals surface area contributed by atoms with Gasteiger partial charge in [-0.1, -0.05) is 30.3 Å². The van der Waals surface area contributed by atoms with Crippen molar-refractivity contribution in [2.24, 2.45) is 0 Å². The first kappa shape index (κ1) is 18.7. The van der Waals surface area contributed by atoms with Crippen molar-refractivity contribution in [3.05, 3.63) is 64.1 Å². The van der Waals surface area contributed by atoms with Gasteiger partial charge >= 0.3 is 0 Å². The number of aromatic nitrogens is 2. The van der Waals surface area contributed by atoms with Crippen LogP contribution in [0.15, 0.2) is 47.3 Å². The van der Waals surface area contributed by atoms with E-state index in [1.165, 1.54) is 10.2 Å². The lowest BCUT2D eigenvalue weighted by Gasteiger charge is -2.36. The molecule has 1 amide bonds. The van der Waals surface area contributed by atoms with E-state index in [0.717, 1.165) is 37.6 Å². The van der Waals surface area contributed by atoms with Crippen LogP contribution in [0, 0.1) is 0 Å². The molecule has 7 heteroatoms. The summed E-state index contributed by atoms with van der Waals surface area (Å²) < 4.78 is 7.22. The van der Waals surface area contributed by atoms with Gasteiger partial charge in [-0.05, 0) is 24.6 Å². The van der Waals surface area contributed by atoms with Crippen molar-refractivity contribution in [1.82, 2.24) is 14.7 Å². The molecule has 0 saturated carbocycles. The number of fused-ring (bicyclic) bond motifs is 2. The largest absolute Gasteiger partial charge is 0.491 e. The topological polar surface area (TPSA) is 67.7 Å². The quantitative estimate of drug-likeness (QED) is 0.670. The van der Waals surface area contributed by atoms with Gasteiger partial charge in [0.1, 0.15) is 5.75 Å². The Balaban J connectivity index is 1.40. The van der Waals surface area contributed by atoms with Crippen LogP contribution in [0.1, 0.15) is 23.0 Å². The maximum absolute atomic E-state index is 13.3. The number of amides is 1. The second-order valence-corrected chi connectivity index (χ2v) is 7.66. The Morgan fingerprint density at radius 1 is 1.03 bits per heavy atom. The van der Waals surface area contributed by atoms with Crippen molar-refractivity contribution in [1.29, 1.82) is 0 Å². The lowest BCUT2D eigenvalue weighted by Crippen LogP contribution is -2.49. The van der Waals surface area contributed by atoms with Crippen LogP contribution in [-0.2, 0) is 13.0 Å². The molecule has 0 atom stereocenters. The predicted molar refractivity (Wildman–Crippen MR) is 115 cm³/mol. The molecule has 0 spiro atoms. The highest BCUT2D eigenvalue weighted by Gasteiger charge is 2.28. The van der Waals surface area contributed by atoms with E-state index in [9.17, 15) is 9.59 Å². The fraction of sp³-hybridized carbons (Fsp3) is 0.348. The summed E-state index contributed by atoms with van der Waals surface area (Å²) in [5.41, 5.74) is 2.56. The molecule has 0 aliphatic carbocycles. The predicted octanol–water partition coefficient (Wildman–Crippen LogP) is 2.31. The van der Waals surface area contributed by atoms with Gasteiger partial charge in [-0.25, -0.2) is 4.68 Å². The van der Waals surface area contributed by atoms with Crippen molar-refractivity contribution in [3.8, 4) is 5.75 Å². The molecular formula is C23H24N4O3. The maximum atomic E-state index is 13.3. The molecule has 0 unspecified atom stereocenters. The number of carbonyl (C=O) groups excluding carboxylic acids is 1. The number of carbonyl (C=O) groups is 1. The van der Waals surface area contributed by atoms with E-state index >= 15 is 0 Å². The monoisotopic (exact) mass is 404 g/mol. The Labute approximate surface area is 174 Å². The molecule has 3 heterocycles. The minimum atomic E-state index is -0.160. The van der Waals surface area contributed by atoms with Crippen LogP contribution in [0.4, 0.5) is 5.69 Å². The molecular weight excluding hydrogens is 380 g/mol. The summed E-state index contributed by atoms with van der Waals surface area (Å²) in [5, 5.41) is 5.55. The Morgan fingerprint density at radius 3 is 2.57 bits per heavy atom.